The van der Waals surface area contributed by atoms with Crippen LogP contribution in [0.15, 0.2) is 0 Å². The molecule has 17 heavy (non-hydrogen) atoms. The van der Waals surface area contributed by atoms with Crippen molar-refractivity contribution >= 4 is 5.97 Å². The second-order valence-electron chi connectivity index (χ2n) is 5.20. The number of hydrogen-bond donors (Lipinski definition) is 1. The third-order valence-corrected chi connectivity index (χ3v) is 3.60. The Balaban J connectivity index is 2.41. The largest absolute Gasteiger partial charge is 0.460 e. The molecule has 1 saturated carbocycles. The maximum absolute atomic E-state index is 11.8. The lowest BCUT2D eigenvalue weighted by molar-refractivity contribution is -0.153. The molecule has 0 aromatic carbocycles. The van der Waals surface area contributed by atoms with Crippen molar-refractivity contribution in [3.63, 3.8) is 0 Å². The van der Waals surface area contributed by atoms with Crippen LogP contribution in [0, 0.1) is 5.41 Å². The second kappa shape index (κ2) is 6.97. The van der Waals surface area contributed by atoms with E-state index in [2.05, 4.69) is 0 Å². The number of carbonyl (C=O) groups is 1. The molecule has 1 unspecified atom stereocenters. The van der Waals surface area contributed by atoms with Crippen LogP contribution in [0.2, 0.25) is 0 Å². The van der Waals surface area contributed by atoms with Crippen molar-refractivity contribution in [1.29, 1.82) is 0 Å². The van der Waals surface area contributed by atoms with Crippen molar-refractivity contribution in [1.82, 2.24) is 0 Å². The molecule has 1 aliphatic carbocycles. The molecule has 100 valence electrons. The molecule has 0 radical (unpaired) electrons. The Kier molecular flexibility index (Phi) is 5.92. The van der Waals surface area contributed by atoms with Crippen molar-refractivity contribution in [3.8, 4) is 0 Å². The SMILES string of the molecule is COCC(C)OC(=O)CC1(CN)CCCCC1. The monoisotopic (exact) mass is 243 g/mol. The predicted octanol–water partition coefficient (Wildman–Crippen LogP) is 1.86. The molecule has 0 bridgehead atoms. The van der Waals surface area contributed by atoms with Gasteiger partial charge in [0.15, 0.2) is 0 Å². The van der Waals surface area contributed by atoms with Gasteiger partial charge >= 0.3 is 5.97 Å². The first-order chi connectivity index (χ1) is 8.12. The Bertz CT molecular complexity index is 237. The Hall–Kier alpha value is -0.610. The maximum Gasteiger partial charge on any atom is 0.306 e. The summed E-state index contributed by atoms with van der Waals surface area (Å²) in [7, 11) is 1.60. The van der Waals surface area contributed by atoms with Crippen LogP contribution in [-0.4, -0.2) is 32.3 Å². The molecule has 1 rings (SSSR count). The van der Waals surface area contributed by atoms with Gasteiger partial charge in [-0.2, -0.15) is 0 Å². The fourth-order valence-electron chi connectivity index (χ4n) is 2.60. The molecule has 0 amide bonds. The van der Waals surface area contributed by atoms with E-state index in [1.807, 2.05) is 6.92 Å². The van der Waals surface area contributed by atoms with Gasteiger partial charge in [0, 0.05) is 7.11 Å². The fourth-order valence-corrected chi connectivity index (χ4v) is 2.60. The summed E-state index contributed by atoms with van der Waals surface area (Å²) in [6, 6.07) is 0. The van der Waals surface area contributed by atoms with E-state index < -0.39 is 0 Å². The van der Waals surface area contributed by atoms with E-state index in [1.165, 1.54) is 19.3 Å². The number of nitrogens with two attached hydrogens (primary N) is 1. The van der Waals surface area contributed by atoms with E-state index >= 15 is 0 Å². The summed E-state index contributed by atoms with van der Waals surface area (Å²) < 4.78 is 10.2. The van der Waals surface area contributed by atoms with Crippen molar-refractivity contribution < 1.29 is 14.3 Å². The Morgan fingerprint density at radius 2 is 2.00 bits per heavy atom. The molecule has 1 fully saturated rings. The molecule has 0 aromatic heterocycles. The van der Waals surface area contributed by atoms with Crippen LogP contribution >= 0.6 is 0 Å². The summed E-state index contributed by atoms with van der Waals surface area (Å²) >= 11 is 0. The van der Waals surface area contributed by atoms with Crippen LogP contribution < -0.4 is 5.73 Å². The van der Waals surface area contributed by atoms with E-state index in [1.54, 1.807) is 7.11 Å². The van der Waals surface area contributed by atoms with E-state index in [-0.39, 0.29) is 17.5 Å². The summed E-state index contributed by atoms with van der Waals surface area (Å²) in [5, 5.41) is 0. The smallest absolute Gasteiger partial charge is 0.306 e. The number of methoxy groups -OCH3 is 1. The highest BCUT2D eigenvalue weighted by atomic mass is 16.6. The molecule has 1 atom stereocenters. The average molecular weight is 243 g/mol. The quantitative estimate of drug-likeness (QED) is 0.723. The highest BCUT2D eigenvalue weighted by Gasteiger charge is 2.33. The molecule has 1 aliphatic rings. The van der Waals surface area contributed by atoms with Gasteiger partial charge in [-0.25, -0.2) is 0 Å². The number of rotatable bonds is 6. The number of hydrogen-bond acceptors (Lipinski definition) is 4. The van der Waals surface area contributed by atoms with Gasteiger partial charge in [-0.15, -0.1) is 0 Å². The molecule has 0 heterocycles. The minimum atomic E-state index is -0.175. The van der Waals surface area contributed by atoms with E-state index in [0.717, 1.165) is 12.8 Å². The lowest BCUT2D eigenvalue weighted by atomic mass is 9.72. The first-order valence-electron chi connectivity index (χ1n) is 6.50. The van der Waals surface area contributed by atoms with Crippen LogP contribution in [0.4, 0.5) is 0 Å². The van der Waals surface area contributed by atoms with Gasteiger partial charge < -0.3 is 15.2 Å². The van der Waals surface area contributed by atoms with Crippen molar-refractivity contribution in [2.75, 3.05) is 20.3 Å². The van der Waals surface area contributed by atoms with Gasteiger partial charge in [-0.1, -0.05) is 19.3 Å². The minimum absolute atomic E-state index is 0.0118. The highest BCUT2D eigenvalue weighted by molar-refractivity contribution is 5.70. The lowest BCUT2D eigenvalue weighted by Gasteiger charge is -2.35. The average Bonchev–Trinajstić information content (AvgIpc) is 2.30. The molecule has 2 N–H and O–H groups in total. The first kappa shape index (κ1) is 14.5. The molecule has 4 nitrogen and oxygen atoms in total. The second-order valence-corrected chi connectivity index (χ2v) is 5.20. The van der Waals surface area contributed by atoms with Gasteiger partial charge in [-0.05, 0) is 31.7 Å². The van der Waals surface area contributed by atoms with Crippen LogP contribution in [-0.2, 0) is 14.3 Å². The highest BCUT2D eigenvalue weighted by Crippen LogP contribution is 2.38. The molecule has 4 heteroatoms. The molecule has 0 aliphatic heterocycles. The van der Waals surface area contributed by atoms with E-state index in [4.69, 9.17) is 15.2 Å². The maximum atomic E-state index is 11.8. The standard InChI is InChI=1S/C13H25NO3/c1-11(9-16-2)17-12(15)8-13(10-14)6-4-3-5-7-13/h11H,3-10,14H2,1-2H3. The van der Waals surface area contributed by atoms with Crippen LogP contribution in [0.5, 0.6) is 0 Å². The Morgan fingerprint density at radius 1 is 1.35 bits per heavy atom. The first-order valence-corrected chi connectivity index (χ1v) is 6.50. The molecule has 0 spiro atoms. The summed E-state index contributed by atoms with van der Waals surface area (Å²) in [5.74, 6) is -0.137. The van der Waals surface area contributed by atoms with E-state index in [9.17, 15) is 4.79 Å². The van der Waals surface area contributed by atoms with Gasteiger partial charge in [0.25, 0.3) is 0 Å². The number of ether oxygens (including phenoxy) is 2. The molecule has 0 saturated heterocycles. The van der Waals surface area contributed by atoms with Crippen molar-refractivity contribution in [3.05, 3.63) is 0 Å². The van der Waals surface area contributed by atoms with E-state index in [0.29, 0.717) is 19.6 Å². The van der Waals surface area contributed by atoms with Crippen LogP contribution in [0.3, 0.4) is 0 Å². The zero-order valence-corrected chi connectivity index (χ0v) is 11.0. The summed E-state index contributed by atoms with van der Waals surface area (Å²) in [4.78, 5) is 11.8. The number of esters is 1. The third-order valence-electron chi connectivity index (χ3n) is 3.60. The molecule has 0 aromatic rings. The Labute approximate surface area is 104 Å². The van der Waals surface area contributed by atoms with Gasteiger partial charge in [0.2, 0.25) is 0 Å². The number of carbonyl (C=O) groups excluding carboxylic acids is 1. The molecular formula is C13H25NO3. The van der Waals surface area contributed by atoms with Crippen LogP contribution in [0.25, 0.3) is 0 Å². The summed E-state index contributed by atoms with van der Waals surface area (Å²) in [6.45, 7) is 2.87. The zero-order chi connectivity index (χ0) is 12.7. The summed E-state index contributed by atoms with van der Waals surface area (Å²) in [5.41, 5.74) is 5.83. The third kappa shape index (κ3) is 4.64. The Morgan fingerprint density at radius 3 is 2.53 bits per heavy atom. The lowest BCUT2D eigenvalue weighted by Crippen LogP contribution is -2.36. The van der Waals surface area contributed by atoms with Crippen molar-refractivity contribution in [2.45, 2.75) is 51.6 Å². The normalized spacial score (nSPS) is 20.9. The minimum Gasteiger partial charge on any atom is -0.460 e. The zero-order valence-electron chi connectivity index (χ0n) is 11.0. The van der Waals surface area contributed by atoms with Crippen LogP contribution in [0.1, 0.15) is 45.4 Å². The fraction of sp³-hybridized carbons (Fsp3) is 0.923. The van der Waals surface area contributed by atoms with Gasteiger partial charge in [0.1, 0.15) is 6.10 Å². The predicted molar refractivity (Wildman–Crippen MR) is 66.6 cm³/mol. The van der Waals surface area contributed by atoms with Gasteiger partial charge in [-0.3, -0.25) is 4.79 Å². The van der Waals surface area contributed by atoms with Crippen molar-refractivity contribution in [2.24, 2.45) is 11.1 Å². The molecular weight excluding hydrogens is 218 g/mol. The van der Waals surface area contributed by atoms with Gasteiger partial charge in [0.05, 0.1) is 13.0 Å². The summed E-state index contributed by atoms with van der Waals surface area (Å²) in [6.07, 6.45) is 6.00. The topological polar surface area (TPSA) is 61.5 Å².